The molecule has 0 spiro atoms. The molecule has 0 aromatic heterocycles. The van der Waals surface area contributed by atoms with Gasteiger partial charge in [-0.1, -0.05) is 24.3 Å². The Balaban J connectivity index is 2.22. The van der Waals surface area contributed by atoms with Crippen molar-refractivity contribution in [3.05, 3.63) is 66.7 Å². The van der Waals surface area contributed by atoms with Crippen molar-refractivity contribution in [2.24, 2.45) is 10.2 Å². The van der Waals surface area contributed by atoms with Gasteiger partial charge >= 0.3 is 0 Å². The van der Waals surface area contributed by atoms with Crippen molar-refractivity contribution < 1.29 is 5.11 Å². The predicted molar refractivity (Wildman–Crippen MR) is 72.6 cm³/mol. The van der Waals surface area contributed by atoms with Crippen molar-refractivity contribution in [2.75, 3.05) is 0 Å². The number of hydrogen-bond acceptors (Lipinski definition) is 3. The summed E-state index contributed by atoms with van der Waals surface area (Å²) in [6.45, 7) is 3.66. The highest BCUT2D eigenvalue weighted by molar-refractivity contribution is 5.47. The topological polar surface area (TPSA) is 45.0 Å². The number of phenols is 1. The van der Waals surface area contributed by atoms with E-state index in [1.807, 2.05) is 36.4 Å². The molecule has 3 nitrogen and oxygen atoms in total. The number of hydrogen-bond donors (Lipinski definition) is 1. The zero-order chi connectivity index (χ0) is 12.8. The molecule has 2 aromatic rings. The normalized spacial score (nSPS) is 10.7. The molecule has 0 aliphatic rings. The molecule has 0 amide bonds. The van der Waals surface area contributed by atoms with Crippen LogP contribution in [0, 0.1) is 0 Å². The number of benzene rings is 2. The summed E-state index contributed by atoms with van der Waals surface area (Å²) in [4.78, 5) is 0. The van der Waals surface area contributed by atoms with E-state index >= 15 is 0 Å². The molecule has 1 N–H and O–H groups in total. The van der Waals surface area contributed by atoms with Crippen LogP contribution < -0.4 is 0 Å². The second kappa shape index (κ2) is 5.77. The van der Waals surface area contributed by atoms with Gasteiger partial charge in [0.15, 0.2) is 0 Å². The monoisotopic (exact) mass is 238 g/mol. The molecule has 90 valence electrons. The second-order valence-electron chi connectivity index (χ2n) is 3.84. The molecule has 2 rings (SSSR count). The quantitative estimate of drug-likeness (QED) is 0.617. The summed E-state index contributed by atoms with van der Waals surface area (Å²) in [7, 11) is 0. The van der Waals surface area contributed by atoms with Crippen molar-refractivity contribution in [2.45, 2.75) is 6.42 Å². The van der Waals surface area contributed by atoms with Gasteiger partial charge in [-0.25, -0.2) is 0 Å². The molecule has 0 aliphatic carbocycles. The molecular formula is C15H14N2O. The van der Waals surface area contributed by atoms with Crippen LogP contribution in [0.5, 0.6) is 5.75 Å². The Morgan fingerprint density at radius 2 is 1.72 bits per heavy atom. The largest absolute Gasteiger partial charge is 0.508 e. The standard InChI is InChI=1S/C15H14N2O/c1-2-6-12-11-14(9-10-15(12)18)17-16-13-7-4-3-5-8-13/h2-5,7-11,18H,1,6H2/b17-16+. The molecule has 0 heterocycles. The minimum absolute atomic E-state index is 0.258. The Bertz CT molecular complexity index is 562. The lowest BCUT2D eigenvalue weighted by Gasteiger charge is -2.01. The third-order valence-electron chi connectivity index (χ3n) is 2.46. The summed E-state index contributed by atoms with van der Waals surface area (Å²) in [5.41, 5.74) is 2.32. The highest BCUT2D eigenvalue weighted by Gasteiger charge is 2.00. The maximum Gasteiger partial charge on any atom is 0.119 e. The van der Waals surface area contributed by atoms with Gasteiger partial charge in [0.2, 0.25) is 0 Å². The lowest BCUT2D eigenvalue weighted by Crippen LogP contribution is -1.81. The van der Waals surface area contributed by atoms with Gasteiger partial charge in [-0.2, -0.15) is 10.2 Å². The van der Waals surface area contributed by atoms with Crippen LogP contribution in [-0.2, 0) is 6.42 Å². The first kappa shape index (κ1) is 12.0. The van der Waals surface area contributed by atoms with Crippen molar-refractivity contribution >= 4 is 11.4 Å². The molecule has 0 saturated carbocycles. The molecule has 0 saturated heterocycles. The molecule has 0 radical (unpaired) electrons. The van der Waals surface area contributed by atoms with E-state index in [0.717, 1.165) is 11.3 Å². The first-order valence-electron chi connectivity index (χ1n) is 5.69. The van der Waals surface area contributed by atoms with E-state index in [0.29, 0.717) is 12.1 Å². The van der Waals surface area contributed by atoms with Gasteiger partial charge in [0.05, 0.1) is 11.4 Å². The van der Waals surface area contributed by atoms with Gasteiger partial charge in [0.25, 0.3) is 0 Å². The lowest BCUT2D eigenvalue weighted by atomic mass is 10.1. The summed E-state index contributed by atoms with van der Waals surface area (Å²) >= 11 is 0. The summed E-state index contributed by atoms with van der Waals surface area (Å²) in [6, 6.07) is 14.7. The van der Waals surface area contributed by atoms with E-state index in [2.05, 4.69) is 16.8 Å². The lowest BCUT2D eigenvalue weighted by molar-refractivity contribution is 0.470. The summed E-state index contributed by atoms with van der Waals surface area (Å²) in [6.07, 6.45) is 2.35. The molecule has 0 aliphatic heterocycles. The van der Waals surface area contributed by atoms with E-state index in [1.165, 1.54) is 0 Å². The minimum atomic E-state index is 0.258. The van der Waals surface area contributed by atoms with Crippen LogP contribution in [0.15, 0.2) is 71.4 Å². The van der Waals surface area contributed by atoms with Crippen LogP contribution in [0.25, 0.3) is 0 Å². The van der Waals surface area contributed by atoms with Gasteiger partial charge in [-0.15, -0.1) is 6.58 Å². The van der Waals surface area contributed by atoms with Gasteiger partial charge in [0, 0.05) is 0 Å². The molecular weight excluding hydrogens is 224 g/mol. The number of aromatic hydroxyl groups is 1. The van der Waals surface area contributed by atoms with Crippen LogP contribution in [0.3, 0.4) is 0 Å². The maximum absolute atomic E-state index is 9.63. The smallest absolute Gasteiger partial charge is 0.119 e. The van der Waals surface area contributed by atoms with E-state index in [9.17, 15) is 5.11 Å². The van der Waals surface area contributed by atoms with Crippen molar-refractivity contribution in [3.8, 4) is 5.75 Å². The van der Waals surface area contributed by atoms with Gasteiger partial charge in [-0.05, 0) is 42.3 Å². The Morgan fingerprint density at radius 3 is 2.44 bits per heavy atom. The Hall–Kier alpha value is -2.42. The average molecular weight is 238 g/mol. The first-order chi connectivity index (χ1) is 8.79. The van der Waals surface area contributed by atoms with Crippen LogP contribution in [0.4, 0.5) is 11.4 Å². The fraction of sp³-hybridized carbons (Fsp3) is 0.0667. The third kappa shape index (κ3) is 3.04. The number of phenolic OH excluding ortho intramolecular Hbond substituents is 1. The molecule has 0 fully saturated rings. The number of rotatable bonds is 4. The van der Waals surface area contributed by atoms with Gasteiger partial charge < -0.3 is 5.11 Å². The molecule has 0 bridgehead atoms. The highest BCUT2D eigenvalue weighted by atomic mass is 16.3. The van der Waals surface area contributed by atoms with Gasteiger partial charge in [-0.3, -0.25) is 0 Å². The zero-order valence-corrected chi connectivity index (χ0v) is 9.95. The van der Waals surface area contributed by atoms with Crippen molar-refractivity contribution in [3.63, 3.8) is 0 Å². The Labute approximate surface area is 106 Å². The van der Waals surface area contributed by atoms with Crippen LogP contribution in [0.2, 0.25) is 0 Å². The average Bonchev–Trinajstić information content (AvgIpc) is 2.41. The van der Waals surface area contributed by atoms with Crippen LogP contribution >= 0.6 is 0 Å². The first-order valence-corrected chi connectivity index (χ1v) is 5.69. The van der Waals surface area contributed by atoms with E-state index in [4.69, 9.17) is 0 Å². The fourth-order valence-corrected chi connectivity index (χ4v) is 1.56. The molecule has 0 unspecified atom stereocenters. The zero-order valence-electron chi connectivity index (χ0n) is 9.95. The summed E-state index contributed by atoms with van der Waals surface area (Å²) in [5.74, 6) is 0.258. The van der Waals surface area contributed by atoms with E-state index < -0.39 is 0 Å². The third-order valence-corrected chi connectivity index (χ3v) is 2.46. The Kier molecular flexibility index (Phi) is 3.86. The molecule has 18 heavy (non-hydrogen) atoms. The number of azo groups is 1. The second-order valence-corrected chi connectivity index (χ2v) is 3.84. The SMILES string of the molecule is C=CCc1cc(/N=N/c2ccccc2)ccc1O. The fourth-order valence-electron chi connectivity index (χ4n) is 1.56. The van der Waals surface area contributed by atoms with Crippen molar-refractivity contribution in [1.82, 2.24) is 0 Å². The van der Waals surface area contributed by atoms with Crippen molar-refractivity contribution in [1.29, 1.82) is 0 Å². The summed E-state index contributed by atoms with van der Waals surface area (Å²) < 4.78 is 0. The molecule has 3 heteroatoms. The Morgan fingerprint density at radius 1 is 1.00 bits per heavy atom. The summed E-state index contributed by atoms with van der Waals surface area (Å²) in [5, 5.41) is 17.9. The minimum Gasteiger partial charge on any atom is -0.508 e. The number of nitrogens with zero attached hydrogens (tertiary/aromatic N) is 2. The number of allylic oxidation sites excluding steroid dienone is 1. The van der Waals surface area contributed by atoms with Crippen LogP contribution in [-0.4, -0.2) is 5.11 Å². The predicted octanol–water partition coefficient (Wildman–Crippen LogP) is 4.54. The molecule has 2 aromatic carbocycles. The van der Waals surface area contributed by atoms with E-state index in [1.54, 1.807) is 18.2 Å². The van der Waals surface area contributed by atoms with E-state index in [-0.39, 0.29) is 5.75 Å². The molecule has 0 atom stereocenters. The maximum atomic E-state index is 9.63. The highest BCUT2D eigenvalue weighted by Crippen LogP contribution is 2.25. The van der Waals surface area contributed by atoms with Crippen LogP contribution in [0.1, 0.15) is 5.56 Å². The van der Waals surface area contributed by atoms with Gasteiger partial charge in [0.1, 0.15) is 5.75 Å².